The van der Waals surface area contributed by atoms with Crippen LogP contribution in [-0.2, 0) is 4.52 Å². The average Bonchev–Trinajstić information content (AvgIpc) is 2.06. The Hall–Kier alpha value is -0.530. The second-order valence-corrected chi connectivity index (χ2v) is 3.79. The molecule has 60 valence electrons. The van der Waals surface area contributed by atoms with Crippen LogP contribution in [0.2, 0.25) is 0 Å². The third kappa shape index (κ3) is 1.95. The largest absolute Gasteiger partial charge is 0.554 e. The zero-order valence-electron chi connectivity index (χ0n) is 6.00. The topological polar surface area (TPSA) is 9.23 Å². The fourth-order valence-electron chi connectivity index (χ4n) is 0.707. The first-order chi connectivity index (χ1) is 5.17. The Morgan fingerprint density at radius 1 is 1.18 bits per heavy atom. The van der Waals surface area contributed by atoms with E-state index >= 15 is 0 Å². The minimum absolute atomic E-state index is 0.0116. The van der Waals surface area contributed by atoms with Crippen LogP contribution in [0.5, 0.6) is 0 Å². The zero-order chi connectivity index (χ0) is 8.32. The van der Waals surface area contributed by atoms with Crippen molar-refractivity contribution in [1.82, 2.24) is 0 Å². The van der Waals surface area contributed by atoms with Crippen LogP contribution in [0.3, 0.4) is 0 Å². The minimum Gasteiger partial charge on any atom is -0.169 e. The van der Waals surface area contributed by atoms with E-state index in [1.54, 1.807) is 18.2 Å². The molecule has 0 unspecified atom stereocenters. The molecule has 0 amide bonds. The second kappa shape index (κ2) is 3.24. The first kappa shape index (κ1) is 8.57. The Morgan fingerprint density at radius 2 is 1.73 bits per heavy atom. The van der Waals surface area contributed by atoms with Crippen LogP contribution < -0.4 is 5.30 Å². The Kier molecular flexibility index (Phi) is 2.53. The van der Waals surface area contributed by atoms with Gasteiger partial charge in [0.1, 0.15) is 0 Å². The summed E-state index contributed by atoms with van der Waals surface area (Å²) in [4.78, 5) is 0. The van der Waals surface area contributed by atoms with Gasteiger partial charge in [0, 0.05) is 8.39 Å². The number of halogens is 2. The van der Waals surface area contributed by atoms with Crippen LogP contribution in [0, 0.1) is 0 Å². The Balaban J connectivity index is 2.93. The van der Waals surface area contributed by atoms with Crippen molar-refractivity contribution in [2.75, 3.05) is 7.11 Å². The van der Waals surface area contributed by atoms with E-state index < -0.39 is 8.11 Å². The fraction of sp³-hybridized carbons (Fsp3) is 0.143. The summed E-state index contributed by atoms with van der Waals surface area (Å²) in [6.45, 7) is 0. The van der Waals surface area contributed by atoms with E-state index in [0.717, 1.165) is 7.11 Å². The molecule has 0 fully saturated rings. The smallest absolute Gasteiger partial charge is 0.169 e. The summed E-state index contributed by atoms with van der Waals surface area (Å²) in [5.41, 5.74) is 0. The van der Waals surface area contributed by atoms with E-state index in [1.165, 1.54) is 12.1 Å². The number of rotatable bonds is 2. The van der Waals surface area contributed by atoms with E-state index in [9.17, 15) is 8.39 Å². The van der Waals surface area contributed by atoms with Gasteiger partial charge in [-0.1, -0.05) is 18.2 Å². The van der Waals surface area contributed by atoms with Crippen LogP contribution in [0.15, 0.2) is 30.3 Å². The highest BCUT2D eigenvalue weighted by atomic mass is 31.3. The third-order valence-corrected chi connectivity index (χ3v) is 2.64. The number of hydrogen-bond acceptors (Lipinski definition) is 1. The number of hydrogen-bond donors (Lipinski definition) is 0. The molecule has 1 aromatic rings. The maximum Gasteiger partial charge on any atom is 0.554 e. The van der Waals surface area contributed by atoms with Gasteiger partial charge in [0.2, 0.25) is 0 Å². The lowest BCUT2D eigenvalue weighted by Gasteiger charge is -1.99. The normalized spacial score (nSPS) is 11.5. The highest BCUT2D eigenvalue weighted by molar-refractivity contribution is 7.68. The third-order valence-electron chi connectivity index (χ3n) is 1.29. The molecule has 0 aliphatic carbocycles. The molecule has 4 heteroatoms. The zero-order valence-corrected chi connectivity index (χ0v) is 6.89. The van der Waals surface area contributed by atoms with E-state index in [0.29, 0.717) is 0 Å². The molecule has 0 spiro atoms. The lowest BCUT2D eigenvalue weighted by atomic mass is 10.4. The monoisotopic (exact) mass is 177 g/mol. The van der Waals surface area contributed by atoms with Crippen LogP contribution in [0.25, 0.3) is 0 Å². The summed E-state index contributed by atoms with van der Waals surface area (Å²) in [5.74, 6) is 0. The Bertz CT molecular complexity index is 225. The van der Waals surface area contributed by atoms with Crippen molar-refractivity contribution in [1.29, 1.82) is 0 Å². The van der Waals surface area contributed by atoms with Crippen molar-refractivity contribution in [2.24, 2.45) is 0 Å². The highest BCUT2D eigenvalue weighted by Crippen LogP contribution is 2.61. The summed E-state index contributed by atoms with van der Waals surface area (Å²) in [5, 5.41) is -0.0116. The molecular weight excluding hydrogens is 169 g/mol. The standard InChI is InChI=1S/C7H8F2OP/c1-10-11(8,9)7-5-3-2-4-6-7/h2-6H,1H3/q+1. The quantitative estimate of drug-likeness (QED) is 0.631. The van der Waals surface area contributed by atoms with Crippen LogP contribution in [0.4, 0.5) is 8.39 Å². The van der Waals surface area contributed by atoms with Crippen LogP contribution in [0.1, 0.15) is 0 Å². The summed E-state index contributed by atoms with van der Waals surface area (Å²) >= 11 is 0. The Labute approximate surface area is 64.7 Å². The molecule has 1 nitrogen and oxygen atoms in total. The van der Waals surface area contributed by atoms with Gasteiger partial charge in [-0.2, -0.15) is 4.52 Å². The molecule has 0 N–H and O–H groups in total. The molecule has 1 rings (SSSR count). The summed E-state index contributed by atoms with van der Waals surface area (Å²) in [6.07, 6.45) is 0. The molecule has 0 saturated carbocycles. The van der Waals surface area contributed by atoms with Gasteiger partial charge in [-0.3, -0.25) is 0 Å². The van der Waals surface area contributed by atoms with Gasteiger partial charge < -0.3 is 0 Å². The average molecular weight is 177 g/mol. The van der Waals surface area contributed by atoms with Gasteiger partial charge in [0.05, 0.1) is 7.11 Å². The summed E-state index contributed by atoms with van der Waals surface area (Å²) in [6, 6.07) is 7.58. The van der Waals surface area contributed by atoms with Gasteiger partial charge in [0.25, 0.3) is 0 Å². The maximum absolute atomic E-state index is 12.8. The first-order valence-electron chi connectivity index (χ1n) is 3.06. The molecule has 0 radical (unpaired) electrons. The summed E-state index contributed by atoms with van der Waals surface area (Å²) in [7, 11) is -3.25. The lowest BCUT2D eigenvalue weighted by molar-refractivity contribution is 0.378. The van der Waals surface area contributed by atoms with Gasteiger partial charge in [-0.25, -0.2) is 0 Å². The Morgan fingerprint density at radius 3 is 2.18 bits per heavy atom. The van der Waals surface area contributed by atoms with Gasteiger partial charge >= 0.3 is 8.11 Å². The molecule has 1 aromatic carbocycles. The van der Waals surface area contributed by atoms with Crippen molar-refractivity contribution in [3.05, 3.63) is 30.3 Å². The van der Waals surface area contributed by atoms with Crippen molar-refractivity contribution in [3.63, 3.8) is 0 Å². The molecule has 0 atom stereocenters. The van der Waals surface area contributed by atoms with Crippen LogP contribution in [-0.4, -0.2) is 7.11 Å². The maximum atomic E-state index is 12.8. The van der Waals surface area contributed by atoms with E-state index in [-0.39, 0.29) is 5.30 Å². The molecule has 0 saturated heterocycles. The van der Waals surface area contributed by atoms with E-state index in [1.807, 2.05) is 0 Å². The molecular formula is C7H8F2OP+. The summed E-state index contributed by atoms with van der Waals surface area (Å²) < 4.78 is 29.6. The molecule has 11 heavy (non-hydrogen) atoms. The number of benzene rings is 1. The van der Waals surface area contributed by atoms with Crippen molar-refractivity contribution >= 4 is 13.4 Å². The van der Waals surface area contributed by atoms with Crippen LogP contribution >= 0.6 is 8.11 Å². The van der Waals surface area contributed by atoms with Crippen molar-refractivity contribution in [3.8, 4) is 0 Å². The SMILES string of the molecule is CO[P+](F)(F)c1ccccc1. The highest BCUT2D eigenvalue weighted by Gasteiger charge is 2.45. The van der Waals surface area contributed by atoms with E-state index in [2.05, 4.69) is 4.52 Å². The fourth-order valence-corrected chi connectivity index (χ4v) is 1.44. The van der Waals surface area contributed by atoms with Crippen molar-refractivity contribution in [2.45, 2.75) is 0 Å². The minimum atomic E-state index is -4.28. The predicted molar refractivity (Wildman–Crippen MR) is 42.2 cm³/mol. The molecule has 0 aliphatic heterocycles. The van der Waals surface area contributed by atoms with E-state index in [4.69, 9.17) is 0 Å². The van der Waals surface area contributed by atoms with Gasteiger partial charge in [0.15, 0.2) is 5.30 Å². The molecule has 0 aliphatic rings. The molecule has 0 aromatic heterocycles. The second-order valence-electron chi connectivity index (χ2n) is 1.98. The first-order valence-corrected chi connectivity index (χ1v) is 4.55. The van der Waals surface area contributed by atoms with Gasteiger partial charge in [-0.05, 0) is 12.1 Å². The molecule has 0 bridgehead atoms. The lowest BCUT2D eigenvalue weighted by Crippen LogP contribution is -2.03. The van der Waals surface area contributed by atoms with Crippen molar-refractivity contribution < 1.29 is 12.9 Å². The predicted octanol–water partition coefficient (Wildman–Crippen LogP) is 2.66. The van der Waals surface area contributed by atoms with Gasteiger partial charge in [-0.15, -0.1) is 0 Å². The molecule has 0 heterocycles.